The van der Waals surface area contributed by atoms with E-state index in [-0.39, 0.29) is 22.6 Å². The minimum Gasteiger partial charge on any atom is -0.338 e. The van der Waals surface area contributed by atoms with E-state index in [1.54, 1.807) is 6.07 Å². The van der Waals surface area contributed by atoms with Gasteiger partial charge >= 0.3 is 0 Å². The summed E-state index contributed by atoms with van der Waals surface area (Å²) in [5.41, 5.74) is 2.73. The van der Waals surface area contributed by atoms with Crippen molar-refractivity contribution in [3.63, 3.8) is 0 Å². The number of nitrogens with one attached hydrogen (secondary N) is 2. The summed E-state index contributed by atoms with van der Waals surface area (Å²) in [5.74, 6) is -0.608. The maximum atomic E-state index is 12.7. The summed E-state index contributed by atoms with van der Waals surface area (Å²) in [7, 11) is 0. The molecule has 30 heavy (non-hydrogen) atoms. The van der Waals surface area contributed by atoms with Crippen molar-refractivity contribution >= 4 is 17.6 Å². The summed E-state index contributed by atoms with van der Waals surface area (Å²) in [5, 5.41) is 6.53. The van der Waals surface area contributed by atoms with Crippen molar-refractivity contribution in [2.45, 2.75) is 40.0 Å². The summed E-state index contributed by atoms with van der Waals surface area (Å²) in [4.78, 5) is 40.3. The van der Waals surface area contributed by atoms with Crippen molar-refractivity contribution in [1.29, 1.82) is 0 Å². The number of nitrogens with zero attached hydrogens (tertiary/aromatic N) is 1. The predicted molar refractivity (Wildman–Crippen MR) is 113 cm³/mol. The lowest BCUT2D eigenvalue weighted by Crippen LogP contribution is -2.32. The monoisotopic (exact) mass is 405 g/mol. The Morgan fingerprint density at radius 1 is 1.17 bits per heavy atom. The molecule has 0 atom stereocenters. The number of Topliss-reactive ketones (excluding diaryl/α,β-unsaturated/α-hetero) is 1. The molecule has 0 aliphatic heterocycles. The molecule has 2 aromatic heterocycles. The van der Waals surface area contributed by atoms with Crippen LogP contribution >= 0.6 is 0 Å². The van der Waals surface area contributed by atoms with Gasteiger partial charge in [-0.3, -0.25) is 19.7 Å². The van der Waals surface area contributed by atoms with Gasteiger partial charge in [0.15, 0.2) is 5.78 Å². The Balaban J connectivity index is 1.56. The molecular weight excluding hydrogens is 382 g/mol. The largest absolute Gasteiger partial charge is 0.338 e. The molecule has 0 spiro atoms. The molecule has 0 radical (unpaired) electrons. The average Bonchev–Trinajstić information content (AvgIpc) is 3.15. The van der Waals surface area contributed by atoms with Crippen LogP contribution in [0.1, 0.15) is 59.2 Å². The first-order valence-electron chi connectivity index (χ1n) is 9.92. The predicted octanol–water partition coefficient (Wildman–Crippen LogP) is 4.00. The SMILES string of the molecule is CCc1ccc(-c2cc(NC(=O)c3cc4c([nH]c3=O)CC(C)(C)CC4=O)on2)cc1. The molecule has 154 valence electrons. The van der Waals surface area contributed by atoms with E-state index in [9.17, 15) is 14.4 Å². The Bertz CT molecular complexity index is 1190. The van der Waals surface area contributed by atoms with Gasteiger partial charge in [0.25, 0.3) is 11.5 Å². The number of fused-ring (bicyclic) bond motifs is 1. The second kappa shape index (κ2) is 7.40. The molecule has 7 heteroatoms. The van der Waals surface area contributed by atoms with E-state index in [1.165, 1.54) is 11.6 Å². The molecule has 1 amide bonds. The van der Waals surface area contributed by atoms with E-state index in [2.05, 4.69) is 22.4 Å². The molecule has 1 aliphatic carbocycles. The van der Waals surface area contributed by atoms with Crippen LogP contribution in [0.25, 0.3) is 11.3 Å². The zero-order valence-electron chi connectivity index (χ0n) is 17.2. The number of aromatic nitrogens is 2. The number of rotatable bonds is 4. The van der Waals surface area contributed by atoms with Crippen LogP contribution in [0.5, 0.6) is 0 Å². The van der Waals surface area contributed by atoms with Gasteiger partial charge in [0.1, 0.15) is 11.3 Å². The van der Waals surface area contributed by atoms with Gasteiger partial charge in [-0.1, -0.05) is 50.2 Å². The standard InChI is InChI=1S/C23H23N3O4/c1-4-13-5-7-14(8-6-13)17-10-20(30-26-17)25-22(29)16-9-15-18(24-21(16)28)11-23(2,3)12-19(15)27/h5-10H,4,11-12H2,1-3H3,(H,24,28)(H,25,29). The van der Waals surface area contributed by atoms with E-state index in [4.69, 9.17) is 4.52 Å². The molecule has 0 unspecified atom stereocenters. The van der Waals surface area contributed by atoms with Gasteiger partial charge < -0.3 is 9.51 Å². The molecule has 2 heterocycles. The quantitative estimate of drug-likeness (QED) is 0.683. The number of aryl methyl sites for hydroxylation is 1. The zero-order chi connectivity index (χ0) is 21.5. The van der Waals surface area contributed by atoms with Crippen molar-refractivity contribution in [3.8, 4) is 11.3 Å². The lowest BCUT2D eigenvalue weighted by molar-refractivity contribution is 0.0910. The molecule has 7 nitrogen and oxygen atoms in total. The summed E-state index contributed by atoms with van der Waals surface area (Å²) in [6.45, 7) is 6.03. The van der Waals surface area contributed by atoms with Gasteiger partial charge in [0.2, 0.25) is 5.88 Å². The molecule has 0 saturated heterocycles. The van der Waals surface area contributed by atoms with Gasteiger partial charge in [-0.05, 0) is 29.9 Å². The van der Waals surface area contributed by atoms with Crippen LogP contribution in [-0.4, -0.2) is 21.8 Å². The number of H-pyrrole nitrogens is 1. The van der Waals surface area contributed by atoms with Gasteiger partial charge in [-0.2, -0.15) is 0 Å². The highest BCUT2D eigenvalue weighted by molar-refractivity contribution is 6.06. The fourth-order valence-electron chi connectivity index (χ4n) is 3.76. The average molecular weight is 405 g/mol. The van der Waals surface area contributed by atoms with Crippen molar-refractivity contribution in [2.24, 2.45) is 5.41 Å². The Kier molecular flexibility index (Phi) is 4.89. The van der Waals surface area contributed by atoms with Crippen molar-refractivity contribution < 1.29 is 14.1 Å². The highest BCUT2D eigenvalue weighted by Gasteiger charge is 2.32. The fraction of sp³-hybridized carbons (Fsp3) is 0.304. The molecule has 0 saturated carbocycles. The Labute approximate surface area is 173 Å². The van der Waals surface area contributed by atoms with Crippen LogP contribution in [0.2, 0.25) is 0 Å². The normalized spacial score (nSPS) is 15.0. The topological polar surface area (TPSA) is 105 Å². The number of hydrogen-bond acceptors (Lipinski definition) is 5. The molecule has 2 N–H and O–H groups in total. The number of amides is 1. The van der Waals surface area contributed by atoms with E-state index in [0.717, 1.165) is 12.0 Å². The lowest BCUT2D eigenvalue weighted by Gasteiger charge is -2.29. The number of pyridine rings is 1. The number of carbonyl (C=O) groups excluding carboxylic acids is 2. The van der Waals surface area contributed by atoms with Gasteiger partial charge in [-0.25, -0.2) is 0 Å². The Morgan fingerprint density at radius 2 is 1.90 bits per heavy atom. The minimum atomic E-state index is -0.652. The Morgan fingerprint density at radius 3 is 2.60 bits per heavy atom. The molecule has 1 aromatic carbocycles. The number of hydrogen-bond donors (Lipinski definition) is 2. The molecular formula is C23H23N3O4. The first-order valence-corrected chi connectivity index (χ1v) is 9.92. The van der Waals surface area contributed by atoms with E-state index >= 15 is 0 Å². The second-order valence-electron chi connectivity index (χ2n) is 8.43. The number of carbonyl (C=O) groups is 2. The summed E-state index contributed by atoms with van der Waals surface area (Å²) >= 11 is 0. The third kappa shape index (κ3) is 3.83. The van der Waals surface area contributed by atoms with Crippen LogP contribution in [0.4, 0.5) is 5.88 Å². The van der Waals surface area contributed by atoms with Crippen LogP contribution in [0.3, 0.4) is 0 Å². The van der Waals surface area contributed by atoms with Gasteiger partial charge in [-0.15, -0.1) is 0 Å². The first-order chi connectivity index (χ1) is 14.3. The summed E-state index contributed by atoms with van der Waals surface area (Å²) in [6.07, 6.45) is 1.89. The summed E-state index contributed by atoms with van der Waals surface area (Å²) < 4.78 is 5.21. The number of aromatic amines is 1. The Hall–Kier alpha value is -3.48. The van der Waals surface area contributed by atoms with Crippen LogP contribution in [0, 0.1) is 5.41 Å². The number of benzene rings is 1. The molecule has 1 aliphatic rings. The van der Waals surface area contributed by atoms with Gasteiger partial charge in [0.05, 0.1) is 0 Å². The van der Waals surface area contributed by atoms with Crippen LogP contribution < -0.4 is 10.9 Å². The number of ketones is 1. The van der Waals surface area contributed by atoms with E-state index in [0.29, 0.717) is 29.8 Å². The van der Waals surface area contributed by atoms with Crippen LogP contribution in [0.15, 0.2) is 45.7 Å². The molecule has 0 bridgehead atoms. The summed E-state index contributed by atoms with van der Waals surface area (Å²) in [6, 6.07) is 10.9. The maximum Gasteiger partial charge on any atom is 0.263 e. The maximum absolute atomic E-state index is 12.7. The smallest absolute Gasteiger partial charge is 0.263 e. The molecule has 3 aromatic rings. The van der Waals surface area contributed by atoms with E-state index < -0.39 is 11.5 Å². The number of anilines is 1. The van der Waals surface area contributed by atoms with Gasteiger partial charge in [0, 0.05) is 29.3 Å². The third-order valence-corrected chi connectivity index (χ3v) is 5.37. The second-order valence-corrected chi connectivity index (χ2v) is 8.43. The zero-order valence-corrected chi connectivity index (χ0v) is 17.2. The lowest BCUT2D eigenvalue weighted by atomic mass is 9.75. The van der Waals surface area contributed by atoms with E-state index in [1.807, 2.05) is 38.1 Å². The fourth-order valence-corrected chi connectivity index (χ4v) is 3.76. The molecule has 4 rings (SSSR count). The first kappa shape index (κ1) is 19.8. The molecule has 0 fully saturated rings. The van der Waals surface area contributed by atoms with Crippen molar-refractivity contribution in [2.75, 3.05) is 5.32 Å². The van der Waals surface area contributed by atoms with Crippen LogP contribution in [-0.2, 0) is 12.8 Å². The highest BCUT2D eigenvalue weighted by atomic mass is 16.5. The minimum absolute atomic E-state index is 0.0796. The highest BCUT2D eigenvalue weighted by Crippen LogP contribution is 2.33. The van der Waals surface area contributed by atoms with Crippen molar-refractivity contribution in [1.82, 2.24) is 10.1 Å². The van der Waals surface area contributed by atoms with Crippen molar-refractivity contribution in [3.05, 3.63) is 69.1 Å². The third-order valence-electron chi connectivity index (χ3n) is 5.37.